The zero-order valence-corrected chi connectivity index (χ0v) is 9.26. The number of amides is 1. The van der Waals surface area contributed by atoms with Crippen LogP contribution in [0.1, 0.15) is 36.7 Å². The normalized spacial score (nSPS) is 14.7. The lowest BCUT2D eigenvalue weighted by molar-refractivity contribution is -0.116. The Hall–Kier alpha value is -1.38. The van der Waals surface area contributed by atoms with Crippen LogP contribution in [0, 0.1) is 6.92 Å². The number of hydrogen-bond acceptors (Lipinski definition) is 2. The third kappa shape index (κ3) is 2.01. The van der Waals surface area contributed by atoms with E-state index in [4.69, 9.17) is 0 Å². The van der Waals surface area contributed by atoms with Gasteiger partial charge in [0.05, 0.1) is 0 Å². The van der Waals surface area contributed by atoms with Crippen molar-refractivity contribution >= 4 is 11.6 Å². The van der Waals surface area contributed by atoms with Crippen LogP contribution in [0.3, 0.4) is 0 Å². The summed E-state index contributed by atoms with van der Waals surface area (Å²) in [5.41, 5.74) is 4.32. The summed E-state index contributed by atoms with van der Waals surface area (Å²) < 4.78 is 0. The maximum atomic E-state index is 11.3. The van der Waals surface area contributed by atoms with E-state index < -0.39 is 0 Å². The Morgan fingerprint density at radius 2 is 2.27 bits per heavy atom. The number of hydrogen-bond donors (Lipinski definition) is 1. The second-order valence-corrected chi connectivity index (χ2v) is 4.02. The summed E-state index contributed by atoms with van der Waals surface area (Å²) in [6, 6.07) is 2.02. The highest BCUT2D eigenvalue weighted by molar-refractivity contribution is 5.94. The van der Waals surface area contributed by atoms with Crippen molar-refractivity contribution in [2.45, 2.75) is 39.5 Å². The Kier molecular flexibility index (Phi) is 2.71. The van der Waals surface area contributed by atoms with Gasteiger partial charge >= 0.3 is 0 Å². The van der Waals surface area contributed by atoms with Crippen LogP contribution < -0.4 is 5.32 Å². The molecule has 1 aliphatic rings. The maximum absolute atomic E-state index is 11.3. The molecule has 3 nitrogen and oxygen atoms in total. The van der Waals surface area contributed by atoms with E-state index in [0.717, 1.165) is 36.3 Å². The molecule has 2 rings (SSSR count). The third-order valence-electron chi connectivity index (χ3n) is 2.77. The maximum Gasteiger partial charge on any atom is 0.224 e. The molecule has 80 valence electrons. The Balaban J connectivity index is 2.39. The van der Waals surface area contributed by atoms with Crippen LogP contribution in [0.15, 0.2) is 6.07 Å². The molecule has 0 spiro atoms. The van der Waals surface area contributed by atoms with Crippen LogP contribution in [0.25, 0.3) is 0 Å². The van der Waals surface area contributed by atoms with Crippen molar-refractivity contribution in [3.8, 4) is 0 Å². The van der Waals surface area contributed by atoms with E-state index in [1.165, 1.54) is 5.56 Å². The lowest BCUT2D eigenvalue weighted by Gasteiger charge is -2.19. The summed E-state index contributed by atoms with van der Waals surface area (Å²) >= 11 is 0. The van der Waals surface area contributed by atoms with E-state index in [1.807, 2.05) is 13.0 Å². The number of aromatic nitrogens is 1. The zero-order chi connectivity index (χ0) is 10.8. The number of anilines is 1. The van der Waals surface area contributed by atoms with Gasteiger partial charge in [-0.25, -0.2) is 0 Å². The van der Waals surface area contributed by atoms with Gasteiger partial charge in [0.1, 0.15) is 0 Å². The molecule has 15 heavy (non-hydrogen) atoms. The summed E-state index contributed by atoms with van der Waals surface area (Å²) in [4.78, 5) is 15.8. The molecule has 0 atom stereocenters. The second kappa shape index (κ2) is 4.01. The fourth-order valence-corrected chi connectivity index (χ4v) is 2.03. The molecule has 1 aromatic heterocycles. The predicted octanol–water partition coefficient (Wildman–Crippen LogP) is 2.23. The van der Waals surface area contributed by atoms with Crippen LogP contribution in [0.5, 0.6) is 0 Å². The number of nitrogens with zero attached hydrogens (tertiary/aromatic N) is 1. The lowest BCUT2D eigenvalue weighted by Crippen LogP contribution is -2.20. The van der Waals surface area contributed by atoms with E-state index in [0.29, 0.717) is 6.42 Å². The van der Waals surface area contributed by atoms with Crippen LogP contribution in [0.4, 0.5) is 5.69 Å². The Morgan fingerprint density at radius 1 is 1.47 bits per heavy atom. The summed E-state index contributed by atoms with van der Waals surface area (Å²) in [5, 5.41) is 2.92. The monoisotopic (exact) mass is 204 g/mol. The quantitative estimate of drug-likeness (QED) is 0.802. The van der Waals surface area contributed by atoms with Gasteiger partial charge in [-0.2, -0.15) is 0 Å². The molecular weight excluding hydrogens is 188 g/mol. The highest BCUT2D eigenvalue weighted by Crippen LogP contribution is 2.25. The van der Waals surface area contributed by atoms with E-state index in [-0.39, 0.29) is 5.91 Å². The highest BCUT2D eigenvalue weighted by Gasteiger charge is 2.17. The number of rotatable bonds is 2. The smallest absolute Gasteiger partial charge is 0.224 e. The average molecular weight is 204 g/mol. The van der Waals surface area contributed by atoms with Crippen LogP contribution >= 0.6 is 0 Å². The predicted molar refractivity (Wildman–Crippen MR) is 59.9 cm³/mol. The van der Waals surface area contributed by atoms with E-state index >= 15 is 0 Å². The van der Waals surface area contributed by atoms with Crippen molar-refractivity contribution in [1.82, 2.24) is 4.98 Å². The zero-order valence-electron chi connectivity index (χ0n) is 9.26. The molecule has 0 aromatic carbocycles. The minimum atomic E-state index is 0.121. The van der Waals surface area contributed by atoms with Crippen LogP contribution in [-0.2, 0) is 17.6 Å². The highest BCUT2D eigenvalue weighted by atomic mass is 16.1. The number of aryl methyl sites for hydroxylation is 2. The fraction of sp³-hybridized carbons (Fsp3) is 0.500. The van der Waals surface area contributed by atoms with E-state index in [2.05, 4.69) is 17.2 Å². The van der Waals surface area contributed by atoms with Gasteiger partial charge in [0, 0.05) is 23.5 Å². The first-order chi connectivity index (χ1) is 7.20. The molecule has 3 heteroatoms. The molecule has 1 amide bonds. The molecule has 0 radical (unpaired) electrons. The Morgan fingerprint density at radius 3 is 3.00 bits per heavy atom. The van der Waals surface area contributed by atoms with Gasteiger partial charge in [0.15, 0.2) is 0 Å². The molecule has 1 aromatic rings. The van der Waals surface area contributed by atoms with Gasteiger partial charge in [-0.1, -0.05) is 13.3 Å². The Labute approximate surface area is 89.9 Å². The van der Waals surface area contributed by atoms with Crippen molar-refractivity contribution in [2.24, 2.45) is 0 Å². The van der Waals surface area contributed by atoms with Gasteiger partial charge in [-0.05, 0) is 31.4 Å². The molecule has 0 saturated heterocycles. The van der Waals surface area contributed by atoms with Gasteiger partial charge in [-0.3, -0.25) is 9.78 Å². The van der Waals surface area contributed by atoms with Gasteiger partial charge in [0.2, 0.25) is 5.91 Å². The molecule has 0 fully saturated rings. The van der Waals surface area contributed by atoms with Crippen molar-refractivity contribution < 1.29 is 4.79 Å². The minimum absolute atomic E-state index is 0.121. The first-order valence-electron chi connectivity index (χ1n) is 5.50. The van der Waals surface area contributed by atoms with Crippen molar-refractivity contribution in [3.05, 3.63) is 23.0 Å². The van der Waals surface area contributed by atoms with Gasteiger partial charge in [-0.15, -0.1) is 0 Å². The molecule has 0 unspecified atom stereocenters. The van der Waals surface area contributed by atoms with Crippen molar-refractivity contribution in [1.29, 1.82) is 0 Å². The van der Waals surface area contributed by atoms with E-state index in [9.17, 15) is 4.79 Å². The van der Waals surface area contributed by atoms with Crippen LogP contribution in [-0.4, -0.2) is 10.9 Å². The molecule has 1 N–H and O–H groups in total. The molecule has 0 aliphatic carbocycles. The standard InChI is InChI=1S/C12H16N2O/c1-3-4-9-7-11-10(8(2)13-9)5-6-12(15)14-11/h7H,3-6H2,1-2H3,(H,14,15). The number of nitrogens with one attached hydrogen (secondary N) is 1. The van der Waals surface area contributed by atoms with Crippen molar-refractivity contribution in [2.75, 3.05) is 5.32 Å². The molecule has 2 heterocycles. The number of carbonyl (C=O) groups is 1. The molecule has 1 aliphatic heterocycles. The fourth-order valence-electron chi connectivity index (χ4n) is 2.03. The Bertz CT molecular complexity index is 399. The van der Waals surface area contributed by atoms with E-state index in [1.54, 1.807) is 0 Å². The minimum Gasteiger partial charge on any atom is -0.326 e. The SMILES string of the molecule is CCCc1cc2c(c(C)n1)CCC(=O)N2. The molecule has 0 saturated carbocycles. The number of fused-ring (bicyclic) bond motifs is 1. The number of pyridine rings is 1. The molecular formula is C12H16N2O. The third-order valence-corrected chi connectivity index (χ3v) is 2.77. The summed E-state index contributed by atoms with van der Waals surface area (Å²) in [6.07, 6.45) is 3.47. The summed E-state index contributed by atoms with van der Waals surface area (Å²) in [5.74, 6) is 0.121. The van der Waals surface area contributed by atoms with Gasteiger partial charge < -0.3 is 5.32 Å². The first kappa shape index (κ1) is 10.1. The van der Waals surface area contributed by atoms with Crippen LogP contribution in [0.2, 0.25) is 0 Å². The first-order valence-corrected chi connectivity index (χ1v) is 5.50. The largest absolute Gasteiger partial charge is 0.326 e. The summed E-state index contributed by atoms with van der Waals surface area (Å²) in [7, 11) is 0. The summed E-state index contributed by atoms with van der Waals surface area (Å²) in [6.45, 7) is 4.16. The number of carbonyl (C=O) groups excluding carboxylic acids is 1. The lowest BCUT2D eigenvalue weighted by atomic mass is 10.0. The molecule has 0 bridgehead atoms. The second-order valence-electron chi connectivity index (χ2n) is 4.02. The van der Waals surface area contributed by atoms with Gasteiger partial charge in [0.25, 0.3) is 0 Å². The topological polar surface area (TPSA) is 42.0 Å². The van der Waals surface area contributed by atoms with Crippen molar-refractivity contribution in [3.63, 3.8) is 0 Å². The average Bonchev–Trinajstić information content (AvgIpc) is 2.17.